The maximum atomic E-state index is 13.9. The van der Waals surface area contributed by atoms with Crippen molar-refractivity contribution in [3.05, 3.63) is 118 Å². The van der Waals surface area contributed by atoms with Gasteiger partial charge in [0.2, 0.25) is 0 Å². The van der Waals surface area contributed by atoms with E-state index in [0.717, 1.165) is 45.3 Å². The molecule has 0 amide bonds. The molecule has 6 rings (SSSR count). The molecule has 2 aliphatic rings. The number of ether oxygens (including phenoxy) is 2. The maximum absolute atomic E-state index is 13.9. The minimum absolute atomic E-state index is 0.130. The molecular formula is C29H22BrFN2O3S. The highest BCUT2D eigenvalue weighted by Gasteiger charge is 2.32. The molecule has 0 radical (unpaired) electrons. The van der Waals surface area contributed by atoms with Gasteiger partial charge in [0, 0.05) is 5.56 Å². The van der Waals surface area contributed by atoms with E-state index in [-0.39, 0.29) is 17.4 Å². The molecule has 2 heterocycles. The van der Waals surface area contributed by atoms with Crippen LogP contribution in [0.1, 0.15) is 34.7 Å². The number of rotatable bonds is 4. The third-order valence-electron chi connectivity index (χ3n) is 6.81. The summed E-state index contributed by atoms with van der Waals surface area (Å²) < 4.78 is 27.8. The molecular weight excluding hydrogens is 555 g/mol. The number of halogens is 2. The number of nitrogens with zero attached hydrogens (tertiary/aromatic N) is 2. The van der Waals surface area contributed by atoms with Gasteiger partial charge in [-0.25, -0.2) is 9.38 Å². The van der Waals surface area contributed by atoms with Crippen LogP contribution in [-0.4, -0.2) is 18.8 Å². The Morgan fingerprint density at radius 3 is 2.62 bits per heavy atom. The first-order chi connectivity index (χ1) is 18.0. The normalized spacial score (nSPS) is 16.5. The molecule has 1 aliphatic carbocycles. The molecule has 1 aliphatic heterocycles. The average molecular weight is 577 g/mol. The predicted octanol–water partition coefficient (Wildman–Crippen LogP) is 5.24. The quantitative estimate of drug-likeness (QED) is 0.334. The number of methoxy groups -OCH3 is 2. The van der Waals surface area contributed by atoms with E-state index < -0.39 is 0 Å². The van der Waals surface area contributed by atoms with Gasteiger partial charge in [0.25, 0.3) is 5.56 Å². The zero-order chi connectivity index (χ0) is 25.7. The van der Waals surface area contributed by atoms with Gasteiger partial charge in [0.1, 0.15) is 5.82 Å². The van der Waals surface area contributed by atoms with Crippen molar-refractivity contribution in [1.29, 1.82) is 0 Å². The first-order valence-electron chi connectivity index (χ1n) is 11.8. The summed E-state index contributed by atoms with van der Waals surface area (Å²) in [7, 11) is 3.16. The molecule has 0 unspecified atom stereocenters. The number of thiazole rings is 1. The van der Waals surface area contributed by atoms with Crippen LogP contribution in [0.4, 0.5) is 4.39 Å². The monoisotopic (exact) mass is 576 g/mol. The number of benzene rings is 3. The minimum atomic E-state index is -0.348. The van der Waals surface area contributed by atoms with Gasteiger partial charge in [-0.1, -0.05) is 47.7 Å². The van der Waals surface area contributed by atoms with Gasteiger partial charge in [-0.05, 0) is 81.4 Å². The fraction of sp³-hybridized carbons (Fsp3) is 0.172. The maximum Gasteiger partial charge on any atom is 0.271 e. The fourth-order valence-electron chi connectivity index (χ4n) is 5.14. The number of aromatic nitrogens is 1. The van der Waals surface area contributed by atoms with Crippen molar-refractivity contribution in [2.45, 2.75) is 18.9 Å². The second-order valence-corrected chi connectivity index (χ2v) is 10.8. The van der Waals surface area contributed by atoms with Crippen molar-refractivity contribution in [3.8, 4) is 11.5 Å². The summed E-state index contributed by atoms with van der Waals surface area (Å²) in [6.45, 7) is 0. The summed E-state index contributed by atoms with van der Waals surface area (Å²) >= 11 is 4.88. The average Bonchev–Trinajstić information content (AvgIpc) is 3.21. The van der Waals surface area contributed by atoms with Gasteiger partial charge >= 0.3 is 0 Å². The third kappa shape index (κ3) is 4.04. The second kappa shape index (κ2) is 9.43. The lowest BCUT2D eigenvalue weighted by atomic mass is 9.83. The Balaban J connectivity index is 1.59. The molecule has 186 valence electrons. The lowest BCUT2D eigenvalue weighted by Gasteiger charge is -2.30. The van der Waals surface area contributed by atoms with Crippen LogP contribution >= 0.6 is 27.3 Å². The SMILES string of the molecule is COc1cc(/C=c2/sc3n(c2=O)[C@H](c2ccc(F)cc2)C2=C(N=3)c3ccccc3CC2)cc(Br)c1OC. The predicted molar refractivity (Wildman–Crippen MR) is 146 cm³/mol. The molecule has 1 aromatic heterocycles. The van der Waals surface area contributed by atoms with Crippen LogP contribution < -0.4 is 24.4 Å². The van der Waals surface area contributed by atoms with Gasteiger partial charge in [0.05, 0.1) is 35.0 Å². The Kier molecular flexibility index (Phi) is 6.09. The topological polar surface area (TPSA) is 52.8 Å². The van der Waals surface area contributed by atoms with Crippen molar-refractivity contribution in [3.63, 3.8) is 0 Å². The summed E-state index contributed by atoms with van der Waals surface area (Å²) in [5.74, 6) is 0.842. The largest absolute Gasteiger partial charge is 0.493 e. The smallest absolute Gasteiger partial charge is 0.271 e. The van der Waals surface area contributed by atoms with Crippen molar-refractivity contribution in [1.82, 2.24) is 4.57 Å². The van der Waals surface area contributed by atoms with Crippen LogP contribution in [0.3, 0.4) is 0 Å². The molecule has 8 heteroatoms. The van der Waals surface area contributed by atoms with E-state index in [9.17, 15) is 9.18 Å². The number of hydrogen-bond donors (Lipinski definition) is 0. The van der Waals surface area contributed by atoms with E-state index in [4.69, 9.17) is 14.5 Å². The summed E-state index contributed by atoms with van der Waals surface area (Å²) in [5, 5.41) is 0. The van der Waals surface area contributed by atoms with Gasteiger partial charge in [-0.3, -0.25) is 9.36 Å². The highest BCUT2D eigenvalue weighted by atomic mass is 79.9. The van der Waals surface area contributed by atoms with Gasteiger partial charge in [-0.2, -0.15) is 0 Å². The van der Waals surface area contributed by atoms with E-state index in [1.54, 1.807) is 30.9 Å². The third-order valence-corrected chi connectivity index (χ3v) is 8.38. The highest BCUT2D eigenvalue weighted by molar-refractivity contribution is 9.10. The lowest BCUT2D eigenvalue weighted by molar-refractivity contribution is 0.353. The molecule has 5 nitrogen and oxygen atoms in total. The Hall–Kier alpha value is -3.49. The van der Waals surface area contributed by atoms with Gasteiger partial charge in [0.15, 0.2) is 16.3 Å². The summed E-state index contributed by atoms with van der Waals surface area (Å²) in [6.07, 6.45) is 3.49. The van der Waals surface area contributed by atoms with E-state index in [2.05, 4.69) is 28.1 Å². The molecule has 0 saturated heterocycles. The van der Waals surface area contributed by atoms with Gasteiger partial charge < -0.3 is 9.47 Å². The van der Waals surface area contributed by atoms with Crippen LogP contribution in [0.2, 0.25) is 0 Å². The molecule has 0 saturated carbocycles. The summed E-state index contributed by atoms with van der Waals surface area (Å²) in [6, 6.07) is 18.1. The van der Waals surface area contributed by atoms with Crippen molar-refractivity contribution < 1.29 is 13.9 Å². The molecule has 0 bridgehead atoms. The standard InChI is InChI=1S/C29H22BrFN2O3S/c1-35-23-14-16(13-22(30)27(23)36-2)15-24-28(34)33-26(18-7-10-19(31)11-8-18)21-12-9-17-5-3-4-6-20(17)25(21)32-29(33)37-24/h3-8,10-11,13-15,26H,9,12H2,1-2H3/b24-15+/t26-/m1/s1. The van der Waals surface area contributed by atoms with Crippen LogP contribution in [-0.2, 0) is 6.42 Å². The number of aryl methyl sites for hydroxylation is 1. The van der Waals surface area contributed by atoms with E-state index >= 15 is 0 Å². The van der Waals surface area contributed by atoms with E-state index in [1.807, 2.05) is 30.3 Å². The highest BCUT2D eigenvalue weighted by Crippen LogP contribution is 2.41. The Bertz CT molecular complexity index is 1760. The molecule has 0 fully saturated rings. The van der Waals surface area contributed by atoms with Crippen LogP contribution in [0, 0.1) is 5.82 Å². The first kappa shape index (κ1) is 23.9. The molecule has 0 spiro atoms. The summed E-state index contributed by atoms with van der Waals surface area (Å²) in [5.41, 5.74) is 5.87. The minimum Gasteiger partial charge on any atom is -0.493 e. The molecule has 3 aromatic carbocycles. The zero-order valence-electron chi connectivity index (χ0n) is 20.1. The van der Waals surface area contributed by atoms with E-state index in [1.165, 1.54) is 29.0 Å². The Morgan fingerprint density at radius 1 is 1.08 bits per heavy atom. The molecule has 4 aromatic rings. The second-order valence-electron chi connectivity index (χ2n) is 8.90. The van der Waals surface area contributed by atoms with Crippen LogP contribution in [0.25, 0.3) is 11.8 Å². The molecule has 0 N–H and O–H groups in total. The van der Waals surface area contributed by atoms with Crippen LogP contribution in [0.15, 0.2) is 80.5 Å². The first-order valence-corrected chi connectivity index (χ1v) is 13.4. The summed E-state index contributed by atoms with van der Waals surface area (Å²) in [4.78, 5) is 19.5. The molecule has 1 atom stereocenters. The van der Waals surface area contributed by atoms with Gasteiger partial charge in [-0.15, -0.1) is 0 Å². The number of allylic oxidation sites excluding steroid dienone is 1. The van der Waals surface area contributed by atoms with Crippen molar-refractivity contribution in [2.75, 3.05) is 14.2 Å². The molecule has 37 heavy (non-hydrogen) atoms. The van der Waals surface area contributed by atoms with E-state index in [0.29, 0.717) is 20.8 Å². The van der Waals surface area contributed by atoms with Crippen LogP contribution in [0.5, 0.6) is 11.5 Å². The Labute approximate surface area is 225 Å². The number of fused-ring (bicyclic) bond motifs is 3. The lowest BCUT2D eigenvalue weighted by Crippen LogP contribution is -2.38. The Morgan fingerprint density at radius 2 is 1.86 bits per heavy atom. The van der Waals surface area contributed by atoms with Crippen molar-refractivity contribution in [2.24, 2.45) is 4.99 Å². The van der Waals surface area contributed by atoms with Crippen molar-refractivity contribution >= 4 is 39.0 Å². The number of hydrogen-bond acceptors (Lipinski definition) is 5. The fourth-order valence-corrected chi connectivity index (χ4v) is 6.76. The zero-order valence-corrected chi connectivity index (χ0v) is 22.5.